The van der Waals surface area contributed by atoms with E-state index in [2.05, 4.69) is 36.4 Å². The predicted molar refractivity (Wildman–Crippen MR) is 108 cm³/mol. The van der Waals surface area contributed by atoms with E-state index in [0.717, 1.165) is 20.7 Å². The van der Waals surface area contributed by atoms with Gasteiger partial charge in [-0.15, -0.1) is 0 Å². The third kappa shape index (κ3) is 4.29. The second kappa shape index (κ2) is 7.81. The van der Waals surface area contributed by atoms with Crippen LogP contribution in [0.1, 0.15) is 16.1 Å². The number of carbonyl (C=O) groups excluding carboxylic acids is 1. The van der Waals surface area contributed by atoms with E-state index in [1.165, 1.54) is 18.0 Å². The van der Waals surface area contributed by atoms with Gasteiger partial charge in [0.15, 0.2) is 10.2 Å². The molecule has 4 aromatic rings. The van der Waals surface area contributed by atoms with Crippen molar-refractivity contribution >= 4 is 50.8 Å². The monoisotopic (exact) mass is 440 g/mol. The van der Waals surface area contributed by atoms with Crippen molar-refractivity contribution < 1.29 is 9.21 Å². The summed E-state index contributed by atoms with van der Waals surface area (Å²) >= 11 is 4.72. The van der Waals surface area contributed by atoms with Gasteiger partial charge in [0, 0.05) is 10.0 Å². The fraction of sp³-hybridized carbons (Fsp3) is 0. The molecule has 6 nitrogen and oxygen atoms in total. The van der Waals surface area contributed by atoms with Crippen molar-refractivity contribution in [1.82, 2.24) is 15.4 Å². The van der Waals surface area contributed by atoms with E-state index in [4.69, 9.17) is 4.42 Å². The maximum Gasteiger partial charge on any atom is 0.271 e. The highest BCUT2D eigenvalue weighted by Gasteiger charge is 2.08. The van der Waals surface area contributed by atoms with E-state index in [9.17, 15) is 4.79 Å². The molecule has 27 heavy (non-hydrogen) atoms. The lowest BCUT2D eigenvalue weighted by atomic mass is 10.2. The van der Waals surface area contributed by atoms with Crippen molar-refractivity contribution in [2.45, 2.75) is 10.2 Å². The first-order valence-corrected chi connectivity index (χ1v) is 9.60. The largest absolute Gasteiger partial charge is 0.448 e. The number of furan rings is 1. The Morgan fingerprint density at radius 2 is 2.07 bits per heavy atom. The van der Waals surface area contributed by atoms with Crippen LogP contribution in [0.2, 0.25) is 0 Å². The van der Waals surface area contributed by atoms with Crippen molar-refractivity contribution in [2.75, 3.05) is 0 Å². The van der Waals surface area contributed by atoms with E-state index in [1.54, 1.807) is 24.3 Å². The predicted octanol–water partition coefficient (Wildman–Crippen LogP) is 4.83. The Morgan fingerprint density at radius 3 is 2.93 bits per heavy atom. The van der Waals surface area contributed by atoms with Crippen molar-refractivity contribution in [3.63, 3.8) is 0 Å². The number of hydrogen-bond donors (Lipinski definition) is 2. The highest BCUT2D eigenvalue weighted by Crippen LogP contribution is 2.28. The molecular formula is C19H13BrN4O2S. The minimum absolute atomic E-state index is 0.295. The number of H-pyrrole nitrogens is 1. The molecule has 0 aliphatic rings. The molecule has 0 aliphatic heterocycles. The number of aromatic nitrogens is 2. The van der Waals surface area contributed by atoms with Crippen molar-refractivity contribution in [3.8, 4) is 0 Å². The van der Waals surface area contributed by atoms with Gasteiger partial charge in [-0.3, -0.25) is 4.79 Å². The lowest BCUT2D eigenvalue weighted by Gasteiger charge is -1.99. The second-order valence-corrected chi connectivity index (χ2v) is 7.44. The van der Waals surface area contributed by atoms with Gasteiger partial charge in [0.2, 0.25) is 0 Å². The third-order valence-electron chi connectivity index (χ3n) is 3.61. The molecule has 2 N–H and O–H groups in total. The summed E-state index contributed by atoms with van der Waals surface area (Å²) in [4.78, 5) is 19.8. The molecule has 0 fully saturated rings. The van der Waals surface area contributed by atoms with E-state index >= 15 is 0 Å². The average Bonchev–Trinajstić information content (AvgIpc) is 3.28. The van der Waals surface area contributed by atoms with Crippen LogP contribution < -0.4 is 5.43 Å². The summed E-state index contributed by atoms with van der Waals surface area (Å²) in [5.41, 5.74) is 4.87. The molecule has 0 unspecified atom stereocenters. The molecule has 134 valence electrons. The number of imidazole rings is 1. The van der Waals surface area contributed by atoms with Crippen LogP contribution in [-0.4, -0.2) is 22.1 Å². The Balaban J connectivity index is 1.39. The summed E-state index contributed by atoms with van der Waals surface area (Å²) in [6.45, 7) is 0. The van der Waals surface area contributed by atoms with E-state index < -0.39 is 0 Å². The van der Waals surface area contributed by atoms with Gasteiger partial charge in [-0.2, -0.15) is 5.10 Å². The van der Waals surface area contributed by atoms with Crippen LogP contribution in [0.15, 0.2) is 84.9 Å². The molecule has 0 radical (unpaired) electrons. The van der Waals surface area contributed by atoms with Crippen LogP contribution in [-0.2, 0) is 0 Å². The molecule has 0 aliphatic carbocycles. The number of nitrogens with one attached hydrogen (secondary N) is 2. The Kier molecular flexibility index (Phi) is 5.08. The molecular weight excluding hydrogens is 428 g/mol. The summed E-state index contributed by atoms with van der Waals surface area (Å²) in [5, 5.41) is 5.36. The van der Waals surface area contributed by atoms with Gasteiger partial charge in [-0.05, 0) is 54.2 Å². The van der Waals surface area contributed by atoms with Crippen molar-refractivity contribution in [1.29, 1.82) is 0 Å². The van der Waals surface area contributed by atoms with Gasteiger partial charge in [0.1, 0.15) is 5.76 Å². The molecule has 0 saturated heterocycles. The Bertz CT molecular complexity index is 1100. The molecule has 8 heteroatoms. The average molecular weight is 441 g/mol. The van der Waals surface area contributed by atoms with Crippen molar-refractivity contribution in [2.24, 2.45) is 5.10 Å². The molecule has 4 rings (SSSR count). The SMILES string of the molecule is O=C(N/N=C\c1ccc(Sc2nc3ccccc3[nH]2)o1)c1cccc(Br)c1. The molecule has 2 aromatic carbocycles. The highest BCUT2D eigenvalue weighted by molar-refractivity contribution is 9.10. The standard InChI is InChI=1S/C19H13BrN4O2S/c20-13-5-3-4-12(10-13)18(25)24-21-11-14-8-9-17(26-14)27-19-22-15-6-1-2-7-16(15)23-19/h1-11H,(H,22,23)(H,24,25)/b21-11-. The number of carbonyl (C=O) groups is 1. The maximum atomic E-state index is 12.0. The topological polar surface area (TPSA) is 83.3 Å². The highest BCUT2D eigenvalue weighted by atomic mass is 79.9. The lowest BCUT2D eigenvalue weighted by Crippen LogP contribution is -2.17. The zero-order valence-corrected chi connectivity index (χ0v) is 16.3. The number of fused-ring (bicyclic) bond motifs is 1. The van der Waals surface area contributed by atoms with Gasteiger partial charge < -0.3 is 9.40 Å². The van der Waals surface area contributed by atoms with E-state index in [0.29, 0.717) is 16.4 Å². The van der Waals surface area contributed by atoms with Crippen LogP contribution in [0.5, 0.6) is 0 Å². The smallest absolute Gasteiger partial charge is 0.271 e. The van der Waals surface area contributed by atoms with Crippen LogP contribution in [0.25, 0.3) is 11.0 Å². The number of hydrazone groups is 1. The number of nitrogens with zero attached hydrogens (tertiary/aromatic N) is 2. The Labute approximate surface area is 167 Å². The minimum Gasteiger partial charge on any atom is -0.448 e. The molecule has 0 spiro atoms. The van der Waals surface area contributed by atoms with Gasteiger partial charge in [0.05, 0.1) is 17.2 Å². The van der Waals surface area contributed by atoms with Crippen LogP contribution in [0.4, 0.5) is 0 Å². The Hall–Kier alpha value is -2.84. The molecule has 1 amide bonds. The molecule has 0 atom stereocenters. The third-order valence-corrected chi connectivity index (χ3v) is 4.91. The zero-order valence-electron chi connectivity index (χ0n) is 13.8. The van der Waals surface area contributed by atoms with Gasteiger partial charge in [0.25, 0.3) is 5.91 Å². The van der Waals surface area contributed by atoms with E-state index in [-0.39, 0.29) is 5.91 Å². The number of rotatable bonds is 5. The van der Waals surface area contributed by atoms with Gasteiger partial charge in [-0.1, -0.05) is 34.1 Å². The number of benzene rings is 2. The van der Waals surface area contributed by atoms with Crippen LogP contribution in [0.3, 0.4) is 0 Å². The first-order valence-electron chi connectivity index (χ1n) is 7.99. The maximum absolute atomic E-state index is 12.0. The zero-order chi connectivity index (χ0) is 18.6. The minimum atomic E-state index is -0.295. The van der Waals surface area contributed by atoms with Crippen LogP contribution >= 0.6 is 27.7 Å². The number of amides is 1. The van der Waals surface area contributed by atoms with E-state index in [1.807, 2.05) is 36.4 Å². The first-order chi connectivity index (χ1) is 13.2. The van der Waals surface area contributed by atoms with Gasteiger partial charge >= 0.3 is 0 Å². The number of hydrogen-bond acceptors (Lipinski definition) is 5. The normalized spacial score (nSPS) is 11.3. The quantitative estimate of drug-likeness (QED) is 0.343. The number of aromatic amines is 1. The summed E-state index contributed by atoms with van der Waals surface area (Å²) in [6.07, 6.45) is 1.46. The van der Waals surface area contributed by atoms with Crippen LogP contribution in [0, 0.1) is 0 Å². The summed E-state index contributed by atoms with van der Waals surface area (Å²) in [6, 6.07) is 18.5. The molecule has 2 heterocycles. The summed E-state index contributed by atoms with van der Waals surface area (Å²) in [7, 11) is 0. The summed E-state index contributed by atoms with van der Waals surface area (Å²) < 4.78 is 6.52. The number of para-hydroxylation sites is 2. The second-order valence-electron chi connectivity index (χ2n) is 5.53. The molecule has 2 aromatic heterocycles. The molecule has 0 saturated carbocycles. The fourth-order valence-corrected chi connectivity index (χ4v) is 3.55. The van der Waals surface area contributed by atoms with Gasteiger partial charge in [-0.25, -0.2) is 10.4 Å². The summed E-state index contributed by atoms with van der Waals surface area (Å²) in [5.74, 6) is 0.235. The lowest BCUT2D eigenvalue weighted by molar-refractivity contribution is 0.0955. The molecule has 0 bridgehead atoms. The fourth-order valence-electron chi connectivity index (χ4n) is 2.38. The first kappa shape index (κ1) is 17.6. The Morgan fingerprint density at radius 1 is 1.19 bits per heavy atom. The number of halogens is 1. The van der Waals surface area contributed by atoms with Crippen molar-refractivity contribution in [3.05, 3.63) is 76.5 Å².